The predicted octanol–water partition coefficient (Wildman–Crippen LogP) is 4.60. The summed E-state index contributed by atoms with van der Waals surface area (Å²) in [6.07, 6.45) is -0.674. The molecular weight excluding hydrogens is 457 g/mol. The average Bonchev–Trinajstić information content (AvgIpc) is 3.11. The van der Waals surface area contributed by atoms with Gasteiger partial charge in [0.2, 0.25) is 0 Å². The Labute approximate surface area is 194 Å². The van der Waals surface area contributed by atoms with Crippen LogP contribution in [0.2, 0.25) is 0 Å². The van der Waals surface area contributed by atoms with Crippen molar-refractivity contribution in [3.05, 3.63) is 29.8 Å². The second kappa shape index (κ2) is 7.36. The molecule has 4 fully saturated rings. The molecule has 6 nitrogen and oxygen atoms in total. The Bertz CT molecular complexity index is 1080. The van der Waals surface area contributed by atoms with Crippen LogP contribution in [0.3, 0.4) is 0 Å². The van der Waals surface area contributed by atoms with E-state index < -0.39 is 29.6 Å². The number of aliphatic hydroxyl groups is 1. The number of nitrogens with two attached hydrogens (primary N) is 1. The number of piperidine rings is 1. The fourth-order valence-corrected chi connectivity index (χ4v) is 5.84. The topological polar surface area (TPSA) is 80.2 Å². The molecule has 0 amide bonds. The Kier molecular flexibility index (Phi) is 5.08. The zero-order valence-corrected chi connectivity index (χ0v) is 19.0. The number of halogens is 5. The fraction of sp³-hybridized carbons (Fsp3) is 0.652. The molecule has 1 aliphatic heterocycles. The van der Waals surface area contributed by atoms with Crippen molar-refractivity contribution < 1.29 is 27.1 Å². The van der Waals surface area contributed by atoms with Crippen LogP contribution in [0.25, 0.3) is 11.3 Å². The molecule has 2 bridgehead atoms. The Morgan fingerprint density at radius 1 is 1.09 bits per heavy atom. The van der Waals surface area contributed by atoms with Crippen LogP contribution in [0.1, 0.15) is 63.4 Å². The lowest BCUT2D eigenvalue weighted by Crippen LogP contribution is -2.79. The molecule has 2 aromatic heterocycles. The van der Waals surface area contributed by atoms with Crippen LogP contribution in [0.4, 0.5) is 27.8 Å². The van der Waals surface area contributed by atoms with Gasteiger partial charge in [-0.2, -0.15) is 13.2 Å². The number of anilines is 1. The van der Waals surface area contributed by atoms with Crippen LogP contribution in [0.5, 0.6) is 0 Å². The number of aliphatic hydroxyl groups excluding tert-OH is 1. The summed E-state index contributed by atoms with van der Waals surface area (Å²) in [6, 6.07) is 0.929. The zero-order chi connectivity index (χ0) is 24.7. The molecule has 3 heterocycles. The third-order valence-corrected chi connectivity index (χ3v) is 7.80. The molecule has 0 spiro atoms. The molecule has 0 aromatic carbocycles. The third-order valence-electron chi connectivity index (χ3n) is 7.80. The molecular formula is C23H28F5N5O. The van der Waals surface area contributed by atoms with Gasteiger partial charge in [0.15, 0.2) is 0 Å². The molecule has 3 saturated carbocycles. The molecule has 0 radical (unpaired) electrons. The number of rotatable bonds is 5. The SMILES string of the molecule is CC(C)[C@@H](O)c1nc(-c2cnc(N)c(C(F)(F)F)c2)cn1C12CC(N3CCC(F)(F)CC3)(C1)C2. The van der Waals surface area contributed by atoms with E-state index in [1.807, 2.05) is 18.4 Å². The molecule has 2 aromatic rings. The van der Waals surface area contributed by atoms with Gasteiger partial charge in [-0.15, -0.1) is 0 Å². The molecule has 0 unspecified atom stereocenters. The summed E-state index contributed by atoms with van der Waals surface area (Å²) in [7, 11) is 0. The van der Waals surface area contributed by atoms with Gasteiger partial charge in [0, 0.05) is 49.4 Å². The molecule has 4 aliphatic rings. The molecule has 6 rings (SSSR count). The highest BCUT2D eigenvalue weighted by Gasteiger charge is 2.72. The minimum absolute atomic E-state index is 0.118. The van der Waals surface area contributed by atoms with Gasteiger partial charge < -0.3 is 15.4 Å². The quantitative estimate of drug-likeness (QED) is 0.606. The largest absolute Gasteiger partial charge is 0.419 e. The first-order chi connectivity index (χ1) is 15.8. The van der Waals surface area contributed by atoms with Crippen molar-refractivity contribution in [2.24, 2.45) is 5.92 Å². The van der Waals surface area contributed by atoms with Crippen molar-refractivity contribution in [2.75, 3.05) is 18.8 Å². The van der Waals surface area contributed by atoms with E-state index in [4.69, 9.17) is 5.73 Å². The first-order valence-corrected chi connectivity index (χ1v) is 11.5. The molecule has 186 valence electrons. The van der Waals surface area contributed by atoms with Crippen molar-refractivity contribution in [1.29, 1.82) is 0 Å². The predicted molar refractivity (Wildman–Crippen MR) is 115 cm³/mol. The first-order valence-electron chi connectivity index (χ1n) is 11.5. The standard InChI is InChI=1S/C23H28F5N5O/c1-13(2)17(34)19-31-16(14-7-15(23(26,27)28)18(29)30-8-14)9-33(19)21-10-20(11-21,12-21)32-5-3-22(24,25)4-6-32/h7-9,13,17,34H,3-6,10-12H2,1-2H3,(H2,29,30)/t17-,20?,21?/m1/s1. The van der Waals surface area contributed by atoms with Crippen molar-refractivity contribution in [2.45, 2.75) is 75.2 Å². The number of alkyl halides is 5. The maximum atomic E-state index is 13.6. The lowest BCUT2D eigenvalue weighted by Gasteiger charge is -2.75. The summed E-state index contributed by atoms with van der Waals surface area (Å²) >= 11 is 0. The van der Waals surface area contributed by atoms with Gasteiger partial charge in [0.1, 0.15) is 17.7 Å². The van der Waals surface area contributed by atoms with Crippen LogP contribution in [-0.4, -0.2) is 49.1 Å². The van der Waals surface area contributed by atoms with E-state index in [1.165, 1.54) is 6.20 Å². The lowest BCUT2D eigenvalue weighted by molar-refractivity contribution is -0.224. The Morgan fingerprint density at radius 3 is 2.26 bits per heavy atom. The smallest absolute Gasteiger partial charge is 0.385 e. The van der Waals surface area contributed by atoms with Gasteiger partial charge in [-0.1, -0.05) is 13.8 Å². The summed E-state index contributed by atoms with van der Waals surface area (Å²) in [4.78, 5) is 10.4. The molecule has 34 heavy (non-hydrogen) atoms. The Hall–Kier alpha value is -2.27. The highest BCUT2D eigenvalue weighted by molar-refractivity contribution is 5.62. The maximum absolute atomic E-state index is 13.6. The van der Waals surface area contributed by atoms with E-state index in [1.54, 1.807) is 6.20 Å². The number of hydrogen-bond donors (Lipinski definition) is 2. The number of aromatic nitrogens is 3. The van der Waals surface area contributed by atoms with Crippen LogP contribution in [0, 0.1) is 5.92 Å². The average molecular weight is 486 g/mol. The molecule has 1 saturated heterocycles. The van der Waals surface area contributed by atoms with E-state index in [2.05, 4.69) is 14.9 Å². The highest BCUT2D eigenvalue weighted by Crippen LogP contribution is 2.69. The molecule has 3 aliphatic carbocycles. The minimum atomic E-state index is -4.65. The van der Waals surface area contributed by atoms with Crippen LogP contribution in [-0.2, 0) is 11.7 Å². The van der Waals surface area contributed by atoms with Gasteiger partial charge in [-0.3, -0.25) is 4.90 Å². The summed E-state index contributed by atoms with van der Waals surface area (Å²) < 4.78 is 69.2. The summed E-state index contributed by atoms with van der Waals surface area (Å²) in [6.45, 7) is 4.40. The molecule has 3 N–H and O–H groups in total. The maximum Gasteiger partial charge on any atom is 0.419 e. The molecule has 1 atom stereocenters. The molecule has 11 heteroatoms. The fourth-order valence-electron chi connectivity index (χ4n) is 5.84. The van der Waals surface area contributed by atoms with Gasteiger partial charge in [-0.25, -0.2) is 18.7 Å². The Morgan fingerprint density at radius 2 is 1.71 bits per heavy atom. The minimum Gasteiger partial charge on any atom is -0.385 e. The number of hydrogen-bond acceptors (Lipinski definition) is 5. The normalized spacial score (nSPS) is 29.6. The van der Waals surface area contributed by atoms with Crippen LogP contribution < -0.4 is 5.73 Å². The Balaban J connectivity index is 1.45. The lowest BCUT2D eigenvalue weighted by atomic mass is 9.43. The van der Waals surface area contributed by atoms with Gasteiger partial charge in [0.25, 0.3) is 5.92 Å². The van der Waals surface area contributed by atoms with Crippen molar-refractivity contribution in [1.82, 2.24) is 19.4 Å². The highest BCUT2D eigenvalue weighted by atomic mass is 19.4. The second-order valence-corrected chi connectivity index (χ2v) is 10.5. The number of likely N-dealkylation sites (tertiary alicyclic amines) is 1. The van der Waals surface area contributed by atoms with Crippen LogP contribution in [0.15, 0.2) is 18.5 Å². The van der Waals surface area contributed by atoms with E-state index in [0.29, 0.717) is 18.9 Å². The van der Waals surface area contributed by atoms with E-state index in [9.17, 15) is 27.1 Å². The number of nitrogens with zero attached hydrogens (tertiary/aromatic N) is 4. The summed E-state index contributed by atoms with van der Waals surface area (Å²) in [5, 5.41) is 10.8. The first kappa shape index (κ1) is 23.5. The van der Waals surface area contributed by atoms with Gasteiger partial charge in [-0.05, 0) is 31.2 Å². The zero-order valence-electron chi connectivity index (χ0n) is 19.0. The third kappa shape index (κ3) is 3.59. The second-order valence-electron chi connectivity index (χ2n) is 10.5. The number of pyridine rings is 1. The number of nitrogen functional groups attached to an aromatic ring is 1. The van der Waals surface area contributed by atoms with Crippen molar-refractivity contribution in [3.63, 3.8) is 0 Å². The van der Waals surface area contributed by atoms with Crippen molar-refractivity contribution >= 4 is 5.82 Å². The van der Waals surface area contributed by atoms with Gasteiger partial charge in [0.05, 0.1) is 16.8 Å². The monoisotopic (exact) mass is 485 g/mol. The van der Waals surface area contributed by atoms with E-state index in [-0.39, 0.29) is 41.1 Å². The van der Waals surface area contributed by atoms with E-state index >= 15 is 0 Å². The summed E-state index contributed by atoms with van der Waals surface area (Å²) in [5.74, 6) is -2.97. The summed E-state index contributed by atoms with van der Waals surface area (Å²) in [5.41, 5.74) is 4.42. The van der Waals surface area contributed by atoms with E-state index in [0.717, 1.165) is 25.3 Å². The van der Waals surface area contributed by atoms with Crippen molar-refractivity contribution in [3.8, 4) is 11.3 Å². The number of imidazole rings is 1. The van der Waals surface area contributed by atoms with Gasteiger partial charge >= 0.3 is 6.18 Å². The van der Waals surface area contributed by atoms with Crippen LogP contribution >= 0.6 is 0 Å².